The second-order valence-electron chi connectivity index (χ2n) is 5.66. The van der Waals surface area contributed by atoms with Crippen LogP contribution in [0.1, 0.15) is 36.4 Å². The Morgan fingerprint density at radius 3 is 2.91 bits per heavy atom. The summed E-state index contributed by atoms with van der Waals surface area (Å²) >= 11 is 4.52. The number of pyridine rings is 1. The zero-order chi connectivity index (χ0) is 15.5. The van der Waals surface area contributed by atoms with Gasteiger partial charge in [0.15, 0.2) is 0 Å². The Balaban J connectivity index is 1.86. The van der Waals surface area contributed by atoms with E-state index in [9.17, 15) is 5.11 Å². The Hall–Kier alpha value is -0.410. The van der Waals surface area contributed by atoms with Crippen LogP contribution in [0.5, 0.6) is 5.75 Å². The van der Waals surface area contributed by atoms with E-state index in [1.165, 1.54) is 22.0 Å². The summed E-state index contributed by atoms with van der Waals surface area (Å²) in [6.07, 6.45) is 7.43. The van der Waals surface area contributed by atoms with Gasteiger partial charge in [0.1, 0.15) is 5.75 Å². The highest BCUT2D eigenvalue weighted by molar-refractivity contribution is 14.1. The van der Waals surface area contributed by atoms with E-state index in [2.05, 4.69) is 67.2 Å². The van der Waals surface area contributed by atoms with E-state index in [1.54, 1.807) is 0 Å². The second-order valence-corrected chi connectivity index (χ2v) is 8.07. The van der Waals surface area contributed by atoms with Crippen molar-refractivity contribution in [3.8, 4) is 5.75 Å². The lowest BCUT2D eigenvalue weighted by Gasteiger charge is -2.36. The Labute approximate surface area is 158 Å². The van der Waals surface area contributed by atoms with Crippen LogP contribution in [-0.4, -0.2) is 21.5 Å². The molecule has 0 amide bonds. The van der Waals surface area contributed by atoms with Gasteiger partial charge in [-0.15, -0.1) is 0 Å². The molecule has 1 saturated heterocycles. The minimum Gasteiger partial charge on any atom is -0.507 e. The average molecular weight is 520 g/mol. The van der Waals surface area contributed by atoms with Crippen molar-refractivity contribution in [1.82, 2.24) is 9.88 Å². The predicted molar refractivity (Wildman–Crippen MR) is 105 cm³/mol. The molecule has 1 N–H and O–H groups in total. The average Bonchev–Trinajstić information content (AvgIpc) is 2.53. The Bertz CT molecular complexity index is 649. The number of phenols is 1. The number of nitrogens with zero attached hydrogens (tertiary/aromatic N) is 2. The molecule has 1 aromatic heterocycles. The molecule has 0 bridgehead atoms. The fraction of sp³-hybridized carbons (Fsp3) is 0.353. The van der Waals surface area contributed by atoms with E-state index in [0.717, 1.165) is 28.6 Å². The molecule has 1 aromatic carbocycles. The fourth-order valence-corrected chi connectivity index (χ4v) is 5.05. The maximum atomic E-state index is 10.4. The van der Waals surface area contributed by atoms with Gasteiger partial charge in [-0.05, 0) is 88.3 Å². The molecule has 3 rings (SSSR count). The number of phenolic OH excluding ortho intramolecular Hbond substituents is 1. The molecule has 1 unspecified atom stereocenters. The maximum absolute atomic E-state index is 10.4. The van der Waals surface area contributed by atoms with Gasteiger partial charge >= 0.3 is 0 Å². The van der Waals surface area contributed by atoms with Crippen LogP contribution >= 0.6 is 45.2 Å². The number of aromatic hydroxyl groups is 1. The first-order valence-electron chi connectivity index (χ1n) is 7.46. The monoisotopic (exact) mass is 520 g/mol. The molecule has 0 spiro atoms. The number of hydrogen-bond donors (Lipinski definition) is 1. The SMILES string of the molecule is Oc1c(I)cc(I)cc1CN1CCCCC1c1cccnc1. The number of benzene rings is 1. The van der Waals surface area contributed by atoms with Crippen LogP contribution < -0.4 is 0 Å². The molecule has 5 heteroatoms. The summed E-state index contributed by atoms with van der Waals surface area (Å²) in [7, 11) is 0. The molecule has 2 aromatic rings. The maximum Gasteiger partial charge on any atom is 0.133 e. The predicted octanol–water partition coefficient (Wildman–Crippen LogP) is 4.72. The van der Waals surface area contributed by atoms with Gasteiger partial charge in [-0.25, -0.2) is 0 Å². The standard InChI is InChI=1S/C17H18I2N2O/c18-14-8-13(17(22)15(19)9-14)11-21-7-2-1-5-16(21)12-4-3-6-20-10-12/h3-4,6,8-10,16,22H,1-2,5,7,11H2. The number of rotatable bonds is 3. The molecule has 0 aliphatic carbocycles. The minimum atomic E-state index is 0.400. The molecule has 116 valence electrons. The summed E-state index contributed by atoms with van der Waals surface area (Å²) in [6, 6.07) is 8.67. The molecular formula is C17H18I2N2O. The highest BCUT2D eigenvalue weighted by atomic mass is 127. The number of hydrogen-bond acceptors (Lipinski definition) is 3. The van der Waals surface area contributed by atoms with Crippen LogP contribution in [0.25, 0.3) is 0 Å². The number of likely N-dealkylation sites (tertiary alicyclic amines) is 1. The third-order valence-corrected chi connectivity index (χ3v) is 5.61. The quantitative estimate of drug-likeness (QED) is 0.596. The van der Waals surface area contributed by atoms with Crippen LogP contribution in [0.2, 0.25) is 0 Å². The third kappa shape index (κ3) is 3.73. The van der Waals surface area contributed by atoms with Crippen LogP contribution in [0.3, 0.4) is 0 Å². The lowest BCUT2D eigenvalue weighted by molar-refractivity contribution is 0.139. The molecular weight excluding hydrogens is 502 g/mol. The molecule has 1 fully saturated rings. The molecule has 0 saturated carbocycles. The van der Waals surface area contributed by atoms with Gasteiger partial charge in [0.25, 0.3) is 0 Å². The largest absolute Gasteiger partial charge is 0.507 e. The Kier molecular flexibility index (Phi) is 5.56. The molecule has 1 aliphatic rings. The Morgan fingerprint density at radius 1 is 1.27 bits per heavy atom. The van der Waals surface area contributed by atoms with Gasteiger partial charge < -0.3 is 5.11 Å². The first kappa shape index (κ1) is 16.4. The smallest absolute Gasteiger partial charge is 0.133 e. The lowest BCUT2D eigenvalue weighted by Crippen LogP contribution is -2.33. The van der Waals surface area contributed by atoms with E-state index in [0.29, 0.717) is 11.8 Å². The summed E-state index contributed by atoms with van der Waals surface area (Å²) in [5, 5.41) is 10.4. The van der Waals surface area contributed by atoms with Crippen molar-refractivity contribution >= 4 is 45.2 Å². The third-order valence-electron chi connectivity index (χ3n) is 4.16. The van der Waals surface area contributed by atoms with Gasteiger partial charge in [0, 0.05) is 34.1 Å². The number of piperidine rings is 1. The molecule has 0 radical (unpaired) electrons. The van der Waals surface area contributed by atoms with Crippen molar-refractivity contribution in [1.29, 1.82) is 0 Å². The van der Waals surface area contributed by atoms with Crippen LogP contribution in [0.15, 0.2) is 36.7 Å². The molecule has 1 aliphatic heterocycles. The highest BCUT2D eigenvalue weighted by Gasteiger charge is 2.25. The second kappa shape index (κ2) is 7.44. The van der Waals surface area contributed by atoms with E-state index in [1.807, 2.05) is 24.5 Å². The highest BCUT2D eigenvalue weighted by Crippen LogP contribution is 2.34. The van der Waals surface area contributed by atoms with Crippen LogP contribution in [-0.2, 0) is 6.54 Å². The lowest BCUT2D eigenvalue weighted by atomic mass is 9.95. The number of aromatic nitrogens is 1. The summed E-state index contributed by atoms with van der Waals surface area (Å²) in [6.45, 7) is 1.86. The van der Waals surface area contributed by atoms with Crippen molar-refractivity contribution in [2.45, 2.75) is 31.8 Å². The van der Waals surface area contributed by atoms with Crippen LogP contribution in [0.4, 0.5) is 0 Å². The normalized spacial score (nSPS) is 19.3. The van der Waals surface area contributed by atoms with Gasteiger partial charge in [0.2, 0.25) is 0 Å². The molecule has 1 atom stereocenters. The van der Waals surface area contributed by atoms with Gasteiger partial charge in [-0.3, -0.25) is 9.88 Å². The topological polar surface area (TPSA) is 36.4 Å². The summed E-state index contributed by atoms with van der Waals surface area (Å²) in [5.41, 5.74) is 2.30. The first-order valence-corrected chi connectivity index (χ1v) is 9.62. The van der Waals surface area contributed by atoms with E-state index in [4.69, 9.17) is 0 Å². The van der Waals surface area contributed by atoms with Crippen molar-refractivity contribution in [3.05, 3.63) is 54.9 Å². The van der Waals surface area contributed by atoms with Gasteiger partial charge in [-0.1, -0.05) is 12.5 Å². The van der Waals surface area contributed by atoms with Crippen molar-refractivity contribution in [2.24, 2.45) is 0 Å². The number of halogens is 2. The van der Waals surface area contributed by atoms with Crippen molar-refractivity contribution in [2.75, 3.05) is 6.54 Å². The van der Waals surface area contributed by atoms with Gasteiger partial charge in [0.05, 0.1) is 3.57 Å². The summed E-state index contributed by atoms with van der Waals surface area (Å²) in [5.74, 6) is 0.427. The molecule has 2 heterocycles. The van der Waals surface area contributed by atoms with Gasteiger partial charge in [-0.2, -0.15) is 0 Å². The zero-order valence-corrected chi connectivity index (χ0v) is 16.5. The summed E-state index contributed by atoms with van der Waals surface area (Å²) < 4.78 is 2.10. The first-order chi connectivity index (χ1) is 10.6. The molecule has 22 heavy (non-hydrogen) atoms. The van der Waals surface area contributed by atoms with Crippen LogP contribution in [0, 0.1) is 7.14 Å². The van der Waals surface area contributed by atoms with E-state index >= 15 is 0 Å². The summed E-state index contributed by atoms with van der Waals surface area (Å²) in [4.78, 5) is 6.74. The van der Waals surface area contributed by atoms with E-state index < -0.39 is 0 Å². The molecule has 3 nitrogen and oxygen atoms in total. The minimum absolute atomic E-state index is 0.400. The Morgan fingerprint density at radius 2 is 2.14 bits per heavy atom. The van der Waals surface area contributed by atoms with Crippen molar-refractivity contribution < 1.29 is 5.11 Å². The van der Waals surface area contributed by atoms with E-state index in [-0.39, 0.29) is 0 Å². The zero-order valence-electron chi connectivity index (χ0n) is 12.2. The fourth-order valence-electron chi connectivity index (χ4n) is 3.09. The van der Waals surface area contributed by atoms with Crippen molar-refractivity contribution in [3.63, 3.8) is 0 Å².